The molecule has 3 nitrogen and oxygen atoms in total. The van der Waals surface area contributed by atoms with E-state index in [4.69, 9.17) is 4.74 Å². The molecule has 0 aromatic heterocycles. The maximum Gasteiger partial charge on any atom is 0.121 e. The van der Waals surface area contributed by atoms with Crippen molar-refractivity contribution < 1.29 is 4.74 Å². The zero-order valence-corrected chi connectivity index (χ0v) is 14.5. The van der Waals surface area contributed by atoms with E-state index >= 15 is 0 Å². The van der Waals surface area contributed by atoms with Gasteiger partial charge in [-0.25, -0.2) is 0 Å². The van der Waals surface area contributed by atoms with Gasteiger partial charge in [0.15, 0.2) is 0 Å². The molecular formula is C20H28N2O. The lowest BCUT2D eigenvalue weighted by atomic mass is 10.1. The standard InChI is InChI=1S/C20H28N2O/c1-4-5-13-23-20-8-6-7-18(15-20)21-11-12-22-19-10-9-16(2)17(3)14-19/h6-10,14-15,21-22H,4-5,11-13H2,1-3H3. The molecule has 0 amide bonds. The minimum absolute atomic E-state index is 0.786. The molecule has 0 heterocycles. The van der Waals surface area contributed by atoms with Crippen LogP contribution in [0.5, 0.6) is 5.75 Å². The third-order valence-electron chi connectivity index (χ3n) is 3.89. The van der Waals surface area contributed by atoms with Gasteiger partial charge in [0.1, 0.15) is 5.75 Å². The van der Waals surface area contributed by atoms with Crippen LogP contribution in [0.1, 0.15) is 30.9 Å². The second-order valence-electron chi connectivity index (χ2n) is 5.88. The van der Waals surface area contributed by atoms with E-state index in [2.05, 4.69) is 61.7 Å². The highest BCUT2D eigenvalue weighted by Gasteiger charge is 1.98. The number of rotatable bonds is 9. The van der Waals surface area contributed by atoms with Gasteiger partial charge in [-0.2, -0.15) is 0 Å². The maximum atomic E-state index is 5.73. The number of hydrogen-bond donors (Lipinski definition) is 2. The zero-order chi connectivity index (χ0) is 16.5. The Morgan fingerprint density at radius 1 is 0.870 bits per heavy atom. The van der Waals surface area contributed by atoms with E-state index in [0.717, 1.165) is 44.0 Å². The molecule has 2 aromatic carbocycles. The first-order valence-electron chi connectivity index (χ1n) is 8.47. The summed E-state index contributed by atoms with van der Waals surface area (Å²) < 4.78 is 5.73. The SMILES string of the molecule is CCCCOc1cccc(NCCNc2ccc(C)c(C)c2)c1. The third kappa shape index (κ3) is 5.85. The first-order chi connectivity index (χ1) is 11.2. The van der Waals surface area contributed by atoms with E-state index in [1.54, 1.807) is 0 Å². The Kier molecular flexibility index (Phi) is 6.79. The van der Waals surface area contributed by atoms with Gasteiger partial charge in [0, 0.05) is 30.5 Å². The van der Waals surface area contributed by atoms with Crippen molar-refractivity contribution in [2.75, 3.05) is 30.3 Å². The van der Waals surface area contributed by atoms with E-state index in [1.165, 1.54) is 16.8 Å². The summed E-state index contributed by atoms with van der Waals surface area (Å²) in [6, 6.07) is 14.6. The topological polar surface area (TPSA) is 33.3 Å². The number of unbranched alkanes of at least 4 members (excludes halogenated alkanes) is 1. The maximum absolute atomic E-state index is 5.73. The number of hydrogen-bond acceptors (Lipinski definition) is 3. The van der Waals surface area contributed by atoms with Crippen molar-refractivity contribution in [3.63, 3.8) is 0 Å². The molecule has 0 aliphatic heterocycles. The summed E-state index contributed by atoms with van der Waals surface area (Å²) in [5, 5.41) is 6.87. The molecule has 0 aliphatic rings. The largest absolute Gasteiger partial charge is 0.494 e. The molecular weight excluding hydrogens is 284 g/mol. The number of aryl methyl sites for hydroxylation is 2. The minimum atomic E-state index is 0.786. The summed E-state index contributed by atoms with van der Waals surface area (Å²) in [4.78, 5) is 0. The smallest absolute Gasteiger partial charge is 0.121 e. The Labute approximate surface area is 140 Å². The quantitative estimate of drug-likeness (QED) is 0.639. The molecule has 0 saturated heterocycles. The van der Waals surface area contributed by atoms with Gasteiger partial charge in [-0.15, -0.1) is 0 Å². The number of nitrogens with one attached hydrogen (secondary N) is 2. The molecule has 2 aromatic rings. The molecule has 0 unspecified atom stereocenters. The molecule has 0 aliphatic carbocycles. The Bertz CT molecular complexity index is 610. The molecule has 0 saturated carbocycles. The van der Waals surface area contributed by atoms with Crippen LogP contribution >= 0.6 is 0 Å². The number of ether oxygens (including phenoxy) is 1. The molecule has 2 N–H and O–H groups in total. The highest BCUT2D eigenvalue weighted by molar-refractivity contribution is 5.50. The monoisotopic (exact) mass is 312 g/mol. The molecule has 0 radical (unpaired) electrons. The van der Waals surface area contributed by atoms with Crippen molar-refractivity contribution in [3.8, 4) is 5.75 Å². The Hall–Kier alpha value is -2.16. The Morgan fingerprint density at radius 2 is 1.61 bits per heavy atom. The van der Waals surface area contributed by atoms with E-state index in [-0.39, 0.29) is 0 Å². The lowest BCUT2D eigenvalue weighted by Crippen LogP contribution is -2.13. The summed E-state index contributed by atoms with van der Waals surface area (Å²) in [6.07, 6.45) is 2.25. The van der Waals surface area contributed by atoms with Gasteiger partial charge < -0.3 is 15.4 Å². The van der Waals surface area contributed by atoms with E-state index in [9.17, 15) is 0 Å². The van der Waals surface area contributed by atoms with Crippen LogP contribution in [0.15, 0.2) is 42.5 Å². The van der Waals surface area contributed by atoms with Gasteiger partial charge in [0.25, 0.3) is 0 Å². The Balaban J connectivity index is 1.75. The van der Waals surface area contributed by atoms with Crippen molar-refractivity contribution in [1.29, 1.82) is 0 Å². The van der Waals surface area contributed by atoms with Crippen molar-refractivity contribution in [3.05, 3.63) is 53.6 Å². The second kappa shape index (κ2) is 9.09. The van der Waals surface area contributed by atoms with E-state index < -0.39 is 0 Å². The fourth-order valence-corrected chi connectivity index (χ4v) is 2.30. The van der Waals surface area contributed by atoms with Gasteiger partial charge in [-0.05, 0) is 55.7 Å². The van der Waals surface area contributed by atoms with Crippen molar-refractivity contribution >= 4 is 11.4 Å². The summed E-state index contributed by atoms with van der Waals surface area (Å²) in [7, 11) is 0. The fraction of sp³-hybridized carbons (Fsp3) is 0.400. The van der Waals surface area contributed by atoms with Crippen LogP contribution in [-0.2, 0) is 0 Å². The molecule has 0 bridgehead atoms. The van der Waals surface area contributed by atoms with E-state index in [1.807, 2.05) is 12.1 Å². The van der Waals surface area contributed by atoms with Crippen LogP contribution in [0.3, 0.4) is 0 Å². The first-order valence-corrected chi connectivity index (χ1v) is 8.47. The van der Waals surface area contributed by atoms with Gasteiger partial charge in [-0.3, -0.25) is 0 Å². The van der Waals surface area contributed by atoms with Crippen LogP contribution in [0.25, 0.3) is 0 Å². The fourth-order valence-electron chi connectivity index (χ4n) is 2.30. The highest BCUT2D eigenvalue weighted by atomic mass is 16.5. The molecule has 3 heteroatoms. The molecule has 0 atom stereocenters. The van der Waals surface area contributed by atoms with Crippen LogP contribution in [0.4, 0.5) is 11.4 Å². The number of anilines is 2. The van der Waals surface area contributed by atoms with Crippen LogP contribution in [0, 0.1) is 13.8 Å². The predicted molar refractivity (Wildman–Crippen MR) is 99.7 cm³/mol. The molecule has 0 spiro atoms. The van der Waals surface area contributed by atoms with Crippen molar-refractivity contribution in [2.24, 2.45) is 0 Å². The summed E-state index contributed by atoms with van der Waals surface area (Å²) in [5.74, 6) is 0.936. The predicted octanol–water partition coefficient (Wildman–Crippen LogP) is 5.01. The summed E-state index contributed by atoms with van der Waals surface area (Å²) >= 11 is 0. The normalized spacial score (nSPS) is 10.4. The van der Waals surface area contributed by atoms with Gasteiger partial charge in [0.2, 0.25) is 0 Å². The average Bonchev–Trinajstić information content (AvgIpc) is 2.55. The molecule has 0 fully saturated rings. The summed E-state index contributed by atoms with van der Waals surface area (Å²) in [6.45, 7) is 8.98. The van der Waals surface area contributed by atoms with Crippen molar-refractivity contribution in [1.82, 2.24) is 0 Å². The average molecular weight is 312 g/mol. The van der Waals surface area contributed by atoms with Crippen LogP contribution < -0.4 is 15.4 Å². The molecule has 124 valence electrons. The highest BCUT2D eigenvalue weighted by Crippen LogP contribution is 2.18. The lowest BCUT2D eigenvalue weighted by Gasteiger charge is -2.11. The van der Waals surface area contributed by atoms with Gasteiger partial charge in [-0.1, -0.05) is 25.5 Å². The van der Waals surface area contributed by atoms with Gasteiger partial charge in [0.05, 0.1) is 6.61 Å². The number of benzene rings is 2. The minimum Gasteiger partial charge on any atom is -0.494 e. The summed E-state index contributed by atoms with van der Waals surface area (Å²) in [5.41, 5.74) is 4.92. The first kappa shape index (κ1) is 17.2. The molecule has 2 rings (SSSR count). The zero-order valence-electron chi connectivity index (χ0n) is 14.5. The van der Waals surface area contributed by atoms with Crippen LogP contribution in [0.2, 0.25) is 0 Å². The van der Waals surface area contributed by atoms with E-state index in [0.29, 0.717) is 0 Å². The van der Waals surface area contributed by atoms with Crippen molar-refractivity contribution in [2.45, 2.75) is 33.6 Å². The Morgan fingerprint density at radius 3 is 2.30 bits per heavy atom. The molecule has 23 heavy (non-hydrogen) atoms. The lowest BCUT2D eigenvalue weighted by molar-refractivity contribution is 0.309. The van der Waals surface area contributed by atoms with Crippen LogP contribution in [-0.4, -0.2) is 19.7 Å². The van der Waals surface area contributed by atoms with Gasteiger partial charge >= 0.3 is 0 Å². The third-order valence-corrected chi connectivity index (χ3v) is 3.89. The second-order valence-corrected chi connectivity index (χ2v) is 5.88.